The van der Waals surface area contributed by atoms with Crippen LogP contribution in [0.4, 0.5) is 10.1 Å². The SMILES string of the molecule is COc1ccccc1C(CNC(=O)c1ccc(N2CCCC2)cc1)NC(=O)c1ccc(F)c(O)c1. The van der Waals surface area contributed by atoms with Gasteiger partial charge in [0, 0.05) is 42.0 Å². The molecule has 1 atom stereocenters. The first-order valence-electron chi connectivity index (χ1n) is 11.5. The number of carbonyl (C=O) groups is 2. The number of nitrogens with zero attached hydrogens (tertiary/aromatic N) is 1. The summed E-state index contributed by atoms with van der Waals surface area (Å²) >= 11 is 0. The molecule has 1 saturated heterocycles. The molecule has 1 fully saturated rings. The third-order valence-corrected chi connectivity index (χ3v) is 6.10. The summed E-state index contributed by atoms with van der Waals surface area (Å²) in [6.45, 7) is 2.14. The number of hydrogen-bond acceptors (Lipinski definition) is 5. The van der Waals surface area contributed by atoms with Crippen molar-refractivity contribution in [2.45, 2.75) is 18.9 Å². The van der Waals surface area contributed by atoms with Gasteiger partial charge in [0.1, 0.15) is 5.75 Å². The first-order valence-corrected chi connectivity index (χ1v) is 11.5. The van der Waals surface area contributed by atoms with Crippen molar-refractivity contribution in [3.8, 4) is 11.5 Å². The Morgan fingerprint density at radius 2 is 1.69 bits per heavy atom. The van der Waals surface area contributed by atoms with E-state index in [-0.39, 0.29) is 18.0 Å². The van der Waals surface area contributed by atoms with E-state index in [9.17, 15) is 19.1 Å². The molecule has 35 heavy (non-hydrogen) atoms. The van der Waals surface area contributed by atoms with Crippen LogP contribution in [0.5, 0.6) is 11.5 Å². The Hall–Kier alpha value is -4.07. The van der Waals surface area contributed by atoms with E-state index in [0.29, 0.717) is 16.9 Å². The van der Waals surface area contributed by atoms with Gasteiger partial charge in [-0.25, -0.2) is 4.39 Å². The van der Waals surface area contributed by atoms with Crippen LogP contribution in [0.15, 0.2) is 66.7 Å². The van der Waals surface area contributed by atoms with E-state index in [1.54, 1.807) is 36.4 Å². The number of aromatic hydroxyl groups is 1. The average Bonchev–Trinajstić information content (AvgIpc) is 3.43. The predicted octanol–water partition coefficient (Wildman–Crippen LogP) is 4.04. The zero-order valence-corrected chi connectivity index (χ0v) is 19.5. The van der Waals surface area contributed by atoms with Gasteiger partial charge in [-0.15, -0.1) is 0 Å². The summed E-state index contributed by atoms with van der Waals surface area (Å²) in [4.78, 5) is 28.0. The summed E-state index contributed by atoms with van der Waals surface area (Å²) in [5, 5.41) is 15.4. The molecule has 8 heteroatoms. The Bertz CT molecular complexity index is 1190. The van der Waals surface area contributed by atoms with Gasteiger partial charge in [0.15, 0.2) is 11.6 Å². The van der Waals surface area contributed by atoms with Crippen molar-refractivity contribution in [2.24, 2.45) is 0 Å². The maximum atomic E-state index is 13.4. The number of amides is 2. The standard InChI is InChI=1S/C27H28FN3O4/c1-35-25-7-3-2-6-21(25)23(30-27(34)19-10-13-22(28)24(32)16-19)17-29-26(33)18-8-11-20(12-9-18)31-14-4-5-15-31/h2-3,6-13,16,23,32H,4-5,14-15,17H2,1H3,(H,29,33)(H,30,34). The Kier molecular flexibility index (Phi) is 7.50. The molecule has 0 aliphatic carbocycles. The fourth-order valence-electron chi connectivity index (χ4n) is 4.18. The number of hydrogen-bond donors (Lipinski definition) is 3. The first kappa shape index (κ1) is 24.1. The smallest absolute Gasteiger partial charge is 0.251 e. The normalized spacial score (nSPS) is 13.8. The molecule has 4 rings (SSSR count). The van der Waals surface area contributed by atoms with Crippen molar-refractivity contribution < 1.29 is 23.8 Å². The van der Waals surface area contributed by atoms with Gasteiger partial charge in [-0.1, -0.05) is 18.2 Å². The van der Waals surface area contributed by atoms with Crippen LogP contribution in [0.3, 0.4) is 0 Å². The minimum absolute atomic E-state index is 0.0893. The second-order valence-electron chi connectivity index (χ2n) is 8.39. The lowest BCUT2D eigenvalue weighted by molar-refractivity contribution is 0.0907. The predicted molar refractivity (Wildman–Crippen MR) is 131 cm³/mol. The monoisotopic (exact) mass is 477 g/mol. The number of para-hydroxylation sites is 1. The van der Waals surface area contributed by atoms with Gasteiger partial charge in [-0.05, 0) is 61.4 Å². The average molecular weight is 478 g/mol. The van der Waals surface area contributed by atoms with Crippen LogP contribution in [0.1, 0.15) is 45.2 Å². The minimum atomic E-state index is -0.814. The van der Waals surface area contributed by atoms with E-state index in [1.165, 1.54) is 26.0 Å². The zero-order valence-electron chi connectivity index (χ0n) is 19.5. The van der Waals surface area contributed by atoms with Crippen molar-refractivity contribution in [1.29, 1.82) is 0 Å². The summed E-state index contributed by atoms with van der Waals surface area (Å²) < 4.78 is 18.9. The highest BCUT2D eigenvalue weighted by Crippen LogP contribution is 2.26. The number of rotatable bonds is 8. The van der Waals surface area contributed by atoms with E-state index in [1.807, 2.05) is 12.1 Å². The van der Waals surface area contributed by atoms with Crippen molar-refractivity contribution in [3.63, 3.8) is 0 Å². The molecule has 3 aromatic rings. The van der Waals surface area contributed by atoms with Crippen LogP contribution in [0.2, 0.25) is 0 Å². The lowest BCUT2D eigenvalue weighted by Gasteiger charge is -2.22. The Labute approximate surface area is 203 Å². The zero-order chi connectivity index (χ0) is 24.8. The molecular formula is C27H28FN3O4. The number of phenols is 1. The molecule has 0 aromatic heterocycles. The second kappa shape index (κ2) is 10.9. The maximum absolute atomic E-state index is 13.4. The molecule has 1 aliphatic rings. The fourth-order valence-corrected chi connectivity index (χ4v) is 4.18. The summed E-state index contributed by atoms with van der Waals surface area (Å²) in [5.41, 5.74) is 2.37. The topological polar surface area (TPSA) is 90.9 Å². The van der Waals surface area contributed by atoms with Gasteiger partial charge >= 0.3 is 0 Å². The maximum Gasteiger partial charge on any atom is 0.251 e. The molecule has 0 radical (unpaired) electrons. The van der Waals surface area contributed by atoms with Crippen LogP contribution in [0, 0.1) is 5.82 Å². The van der Waals surface area contributed by atoms with Crippen molar-refractivity contribution in [2.75, 3.05) is 31.6 Å². The molecule has 1 unspecified atom stereocenters. The third-order valence-electron chi connectivity index (χ3n) is 6.10. The van der Waals surface area contributed by atoms with E-state index in [2.05, 4.69) is 15.5 Å². The molecule has 0 bridgehead atoms. The van der Waals surface area contributed by atoms with Gasteiger partial charge in [-0.3, -0.25) is 9.59 Å². The van der Waals surface area contributed by atoms with Gasteiger partial charge in [0.25, 0.3) is 11.8 Å². The number of carbonyl (C=O) groups excluding carboxylic acids is 2. The summed E-state index contributed by atoms with van der Waals surface area (Å²) in [5.74, 6) is -1.68. The third kappa shape index (κ3) is 5.71. The molecule has 7 nitrogen and oxygen atoms in total. The Morgan fingerprint density at radius 1 is 1.00 bits per heavy atom. The number of ether oxygens (including phenoxy) is 1. The molecule has 1 heterocycles. The highest BCUT2D eigenvalue weighted by Gasteiger charge is 2.21. The number of nitrogens with one attached hydrogen (secondary N) is 2. The van der Waals surface area contributed by atoms with Crippen LogP contribution >= 0.6 is 0 Å². The molecule has 3 N–H and O–H groups in total. The molecule has 0 saturated carbocycles. The lowest BCUT2D eigenvalue weighted by Crippen LogP contribution is -2.38. The quantitative estimate of drug-likeness (QED) is 0.456. The lowest BCUT2D eigenvalue weighted by atomic mass is 10.0. The van der Waals surface area contributed by atoms with Gasteiger partial charge < -0.3 is 25.4 Å². The highest BCUT2D eigenvalue weighted by atomic mass is 19.1. The number of halogens is 1. The first-order chi connectivity index (χ1) is 17.0. The number of anilines is 1. The summed E-state index contributed by atoms with van der Waals surface area (Å²) in [7, 11) is 1.52. The second-order valence-corrected chi connectivity index (χ2v) is 8.39. The van der Waals surface area contributed by atoms with E-state index in [4.69, 9.17) is 4.74 Å². The van der Waals surface area contributed by atoms with Crippen molar-refractivity contribution >= 4 is 17.5 Å². The summed E-state index contributed by atoms with van der Waals surface area (Å²) in [6, 6.07) is 17.4. The Morgan fingerprint density at radius 3 is 2.37 bits per heavy atom. The molecule has 2 amide bonds. The van der Waals surface area contributed by atoms with Crippen LogP contribution in [-0.4, -0.2) is 43.7 Å². The molecule has 182 valence electrons. The molecule has 3 aromatic carbocycles. The minimum Gasteiger partial charge on any atom is -0.505 e. The number of benzene rings is 3. The van der Waals surface area contributed by atoms with Crippen molar-refractivity contribution in [3.05, 3.63) is 89.2 Å². The molecule has 0 spiro atoms. The molecule has 1 aliphatic heterocycles. The van der Waals surface area contributed by atoms with E-state index in [0.717, 1.165) is 30.9 Å². The van der Waals surface area contributed by atoms with E-state index >= 15 is 0 Å². The highest BCUT2D eigenvalue weighted by molar-refractivity contribution is 5.96. The Balaban J connectivity index is 1.49. The van der Waals surface area contributed by atoms with Crippen LogP contribution < -0.4 is 20.3 Å². The molecular weight excluding hydrogens is 449 g/mol. The number of methoxy groups -OCH3 is 1. The largest absolute Gasteiger partial charge is 0.505 e. The van der Waals surface area contributed by atoms with Crippen molar-refractivity contribution in [1.82, 2.24) is 10.6 Å². The van der Waals surface area contributed by atoms with Gasteiger partial charge in [-0.2, -0.15) is 0 Å². The van der Waals surface area contributed by atoms with E-state index < -0.39 is 23.5 Å². The van der Waals surface area contributed by atoms with Gasteiger partial charge in [0.05, 0.1) is 13.2 Å². The van der Waals surface area contributed by atoms with Gasteiger partial charge in [0.2, 0.25) is 0 Å². The number of phenolic OH excluding ortho intramolecular Hbond substituents is 1. The summed E-state index contributed by atoms with van der Waals surface area (Å²) in [6.07, 6.45) is 2.35. The van der Waals surface area contributed by atoms with Crippen LogP contribution in [-0.2, 0) is 0 Å². The fraction of sp³-hybridized carbons (Fsp3) is 0.259. The van der Waals surface area contributed by atoms with Crippen LogP contribution in [0.25, 0.3) is 0 Å².